The van der Waals surface area contributed by atoms with E-state index >= 15 is 0 Å². The molecule has 0 aromatic heterocycles. The number of nitrogens with zero attached hydrogens (tertiary/aromatic N) is 1. The number of aliphatic hydroxyl groups excluding tert-OH is 1. The molecule has 124 valence electrons. The summed E-state index contributed by atoms with van der Waals surface area (Å²) >= 11 is 0. The molecule has 2 aromatic carbocycles. The Morgan fingerprint density at radius 3 is 2.22 bits per heavy atom. The van der Waals surface area contributed by atoms with Gasteiger partial charge in [0.2, 0.25) is 0 Å². The third kappa shape index (κ3) is 4.89. The van der Waals surface area contributed by atoms with Crippen molar-refractivity contribution < 1.29 is 9.84 Å². The summed E-state index contributed by atoms with van der Waals surface area (Å²) in [6, 6.07) is 16.8. The molecule has 0 saturated heterocycles. The Labute approximate surface area is 138 Å². The summed E-state index contributed by atoms with van der Waals surface area (Å²) in [5.74, 6) is 0.771. The van der Waals surface area contributed by atoms with Crippen LogP contribution in [0.4, 0.5) is 11.4 Å². The van der Waals surface area contributed by atoms with Crippen LogP contribution in [0.15, 0.2) is 48.5 Å². The van der Waals surface area contributed by atoms with Crippen molar-refractivity contribution >= 4 is 11.4 Å². The van der Waals surface area contributed by atoms with Gasteiger partial charge in [0.15, 0.2) is 0 Å². The monoisotopic (exact) mass is 314 g/mol. The highest BCUT2D eigenvalue weighted by Gasteiger charge is 2.09. The standard InChI is InChI=1S/C19H26N2O2/c1-4-19(15-5-9-17(10-6-15)21(2)3)20-16-7-11-18(12-8-16)23-14-13-22/h5-12,19-20,22H,4,13-14H2,1-3H3. The number of aliphatic hydroxyl groups is 1. The van der Waals surface area contributed by atoms with Crippen LogP contribution in [0.5, 0.6) is 5.75 Å². The minimum absolute atomic E-state index is 0.0286. The minimum atomic E-state index is 0.0286. The van der Waals surface area contributed by atoms with Crippen LogP contribution in [0.25, 0.3) is 0 Å². The fraction of sp³-hybridized carbons (Fsp3) is 0.368. The van der Waals surface area contributed by atoms with Crippen molar-refractivity contribution in [3.63, 3.8) is 0 Å². The van der Waals surface area contributed by atoms with Crippen LogP contribution in [-0.2, 0) is 0 Å². The molecule has 2 rings (SSSR count). The van der Waals surface area contributed by atoms with Gasteiger partial charge in [0.1, 0.15) is 12.4 Å². The fourth-order valence-corrected chi connectivity index (χ4v) is 2.44. The second kappa shape index (κ2) is 8.44. The molecule has 0 radical (unpaired) electrons. The van der Waals surface area contributed by atoms with E-state index in [0.29, 0.717) is 6.61 Å². The summed E-state index contributed by atoms with van der Waals surface area (Å²) in [6.07, 6.45) is 1.00. The van der Waals surface area contributed by atoms with Gasteiger partial charge in [0, 0.05) is 25.5 Å². The molecule has 4 heteroatoms. The lowest BCUT2D eigenvalue weighted by atomic mass is 10.0. The maximum absolute atomic E-state index is 8.77. The van der Waals surface area contributed by atoms with Crippen molar-refractivity contribution in [2.75, 3.05) is 37.5 Å². The number of benzene rings is 2. The van der Waals surface area contributed by atoms with Crippen molar-refractivity contribution in [3.8, 4) is 5.75 Å². The maximum atomic E-state index is 8.77. The quantitative estimate of drug-likeness (QED) is 0.780. The van der Waals surface area contributed by atoms with Gasteiger partial charge in [-0.15, -0.1) is 0 Å². The maximum Gasteiger partial charge on any atom is 0.119 e. The van der Waals surface area contributed by atoms with Crippen LogP contribution in [-0.4, -0.2) is 32.4 Å². The minimum Gasteiger partial charge on any atom is -0.491 e. The molecule has 0 aliphatic heterocycles. The highest BCUT2D eigenvalue weighted by Crippen LogP contribution is 2.25. The van der Waals surface area contributed by atoms with E-state index < -0.39 is 0 Å². The van der Waals surface area contributed by atoms with Gasteiger partial charge in [-0.05, 0) is 48.4 Å². The summed E-state index contributed by atoms with van der Waals surface area (Å²) in [6.45, 7) is 2.53. The highest BCUT2D eigenvalue weighted by molar-refractivity contribution is 5.50. The molecule has 4 nitrogen and oxygen atoms in total. The van der Waals surface area contributed by atoms with Gasteiger partial charge in [-0.25, -0.2) is 0 Å². The predicted molar refractivity (Wildman–Crippen MR) is 96.4 cm³/mol. The molecule has 1 unspecified atom stereocenters. The third-order valence-corrected chi connectivity index (χ3v) is 3.78. The van der Waals surface area contributed by atoms with Crippen molar-refractivity contribution in [1.29, 1.82) is 0 Å². The van der Waals surface area contributed by atoms with Crippen LogP contribution in [0.3, 0.4) is 0 Å². The van der Waals surface area contributed by atoms with Crippen molar-refractivity contribution in [1.82, 2.24) is 0 Å². The zero-order valence-corrected chi connectivity index (χ0v) is 14.1. The Morgan fingerprint density at radius 1 is 1.04 bits per heavy atom. The highest BCUT2D eigenvalue weighted by atomic mass is 16.5. The average molecular weight is 314 g/mol. The van der Waals surface area contributed by atoms with E-state index in [1.165, 1.54) is 11.3 Å². The molecule has 0 aliphatic carbocycles. The third-order valence-electron chi connectivity index (χ3n) is 3.78. The molecule has 2 N–H and O–H groups in total. The Balaban J connectivity index is 2.03. The Bertz CT molecular complexity index is 579. The second-order valence-corrected chi connectivity index (χ2v) is 5.69. The van der Waals surface area contributed by atoms with Gasteiger partial charge < -0.3 is 20.1 Å². The molecule has 0 saturated carbocycles. The normalized spacial score (nSPS) is 11.8. The topological polar surface area (TPSA) is 44.7 Å². The lowest BCUT2D eigenvalue weighted by Crippen LogP contribution is -2.11. The smallest absolute Gasteiger partial charge is 0.119 e. The van der Waals surface area contributed by atoms with Gasteiger partial charge in [-0.2, -0.15) is 0 Å². The van der Waals surface area contributed by atoms with Gasteiger partial charge in [-0.1, -0.05) is 19.1 Å². The first-order valence-corrected chi connectivity index (χ1v) is 8.01. The molecule has 0 amide bonds. The Morgan fingerprint density at radius 2 is 1.70 bits per heavy atom. The van der Waals surface area contributed by atoms with Gasteiger partial charge in [0.25, 0.3) is 0 Å². The van der Waals surface area contributed by atoms with E-state index in [4.69, 9.17) is 9.84 Å². The zero-order valence-electron chi connectivity index (χ0n) is 14.1. The predicted octanol–water partition coefficient (Wildman–Crippen LogP) is 3.69. The van der Waals surface area contributed by atoms with E-state index in [2.05, 4.69) is 41.4 Å². The summed E-state index contributed by atoms with van der Waals surface area (Å²) in [5, 5.41) is 12.3. The number of nitrogens with one attached hydrogen (secondary N) is 1. The molecule has 0 fully saturated rings. The first-order valence-electron chi connectivity index (χ1n) is 8.01. The molecule has 23 heavy (non-hydrogen) atoms. The molecular weight excluding hydrogens is 288 g/mol. The number of anilines is 2. The van der Waals surface area contributed by atoms with Crippen LogP contribution >= 0.6 is 0 Å². The fourth-order valence-electron chi connectivity index (χ4n) is 2.44. The average Bonchev–Trinajstić information content (AvgIpc) is 2.59. The lowest BCUT2D eigenvalue weighted by Gasteiger charge is -2.20. The van der Waals surface area contributed by atoms with E-state index in [9.17, 15) is 0 Å². The number of hydrogen-bond acceptors (Lipinski definition) is 4. The molecule has 1 atom stereocenters. The molecule has 0 spiro atoms. The van der Waals surface area contributed by atoms with E-state index in [1.54, 1.807) is 0 Å². The molecular formula is C19H26N2O2. The van der Waals surface area contributed by atoms with E-state index in [0.717, 1.165) is 17.9 Å². The van der Waals surface area contributed by atoms with E-state index in [1.807, 2.05) is 38.4 Å². The van der Waals surface area contributed by atoms with Crippen LogP contribution in [0.1, 0.15) is 24.9 Å². The summed E-state index contributed by atoms with van der Waals surface area (Å²) in [4.78, 5) is 2.10. The van der Waals surface area contributed by atoms with Crippen molar-refractivity contribution in [2.45, 2.75) is 19.4 Å². The Hall–Kier alpha value is -2.20. The van der Waals surface area contributed by atoms with Gasteiger partial charge in [0.05, 0.1) is 12.6 Å². The molecule has 0 heterocycles. The first-order chi connectivity index (χ1) is 11.1. The lowest BCUT2D eigenvalue weighted by molar-refractivity contribution is 0.201. The second-order valence-electron chi connectivity index (χ2n) is 5.69. The van der Waals surface area contributed by atoms with E-state index in [-0.39, 0.29) is 12.6 Å². The largest absolute Gasteiger partial charge is 0.491 e. The van der Waals surface area contributed by atoms with Crippen LogP contribution in [0.2, 0.25) is 0 Å². The SMILES string of the molecule is CCC(Nc1ccc(OCCO)cc1)c1ccc(N(C)C)cc1. The first kappa shape index (κ1) is 17.2. The molecule has 2 aromatic rings. The zero-order chi connectivity index (χ0) is 16.7. The number of hydrogen-bond donors (Lipinski definition) is 2. The van der Waals surface area contributed by atoms with Gasteiger partial charge in [-0.3, -0.25) is 0 Å². The van der Waals surface area contributed by atoms with Crippen LogP contribution < -0.4 is 15.0 Å². The van der Waals surface area contributed by atoms with Crippen LogP contribution in [0, 0.1) is 0 Å². The number of ether oxygens (including phenoxy) is 1. The summed E-state index contributed by atoms with van der Waals surface area (Å²) < 4.78 is 5.38. The van der Waals surface area contributed by atoms with Crippen molar-refractivity contribution in [3.05, 3.63) is 54.1 Å². The van der Waals surface area contributed by atoms with Crippen molar-refractivity contribution in [2.24, 2.45) is 0 Å². The summed E-state index contributed by atoms with van der Waals surface area (Å²) in [5.41, 5.74) is 3.54. The Kier molecular flexibility index (Phi) is 6.29. The number of rotatable bonds is 8. The summed E-state index contributed by atoms with van der Waals surface area (Å²) in [7, 11) is 4.09. The molecule has 0 bridgehead atoms. The van der Waals surface area contributed by atoms with Gasteiger partial charge >= 0.3 is 0 Å². The molecule has 0 aliphatic rings.